The minimum absolute atomic E-state index is 0.433. The van der Waals surface area contributed by atoms with Gasteiger partial charge in [-0.3, -0.25) is 9.69 Å². The number of carboxylic acid groups (broad SMARTS) is 1. The molecule has 1 atom stereocenters. The van der Waals surface area contributed by atoms with Crippen molar-refractivity contribution in [1.82, 2.24) is 4.90 Å². The minimum atomic E-state index is -0.777. The van der Waals surface area contributed by atoms with E-state index >= 15 is 0 Å². The summed E-state index contributed by atoms with van der Waals surface area (Å²) in [5.41, 5.74) is 0. The van der Waals surface area contributed by atoms with E-state index in [0.29, 0.717) is 6.54 Å². The Morgan fingerprint density at radius 1 is 1.64 bits per heavy atom. The van der Waals surface area contributed by atoms with Gasteiger partial charge in [0.1, 0.15) is 6.04 Å². The number of thiophene rings is 1. The van der Waals surface area contributed by atoms with E-state index in [-0.39, 0.29) is 0 Å². The highest BCUT2D eigenvalue weighted by Crippen LogP contribution is 2.17. The Bertz CT molecular complexity index is 322. The van der Waals surface area contributed by atoms with Gasteiger partial charge in [0.2, 0.25) is 0 Å². The standard InChI is InChI=1S/C10H15NO2S/c1-7-4-5-9(14-7)6-11(3)8(2)10(12)13/h4-5,8H,6H2,1-3H3,(H,12,13). The van der Waals surface area contributed by atoms with Crippen molar-refractivity contribution in [2.24, 2.45) is 0 Å². The van der Waals surface area contributed by atoms with Crippen LogP contribution in [0.2, 0.25) is 0 Å². The molecular weight excluding hydrogens is 198 g/mol. The summed E-state index contributed by atoms with van der Waals surface area (Å²) in [5, 5.41) is 8.80. The number of hydrogen-bond donors (Lipinski definition) is 1. The fraction of sp³-hybridized carbons (Fsp3) is 0.500. The number of hydrogen-bond acceptors (Lipinski definition) is 3. The fourth-order valence-corrected chi connectivity index (χ4v) is 2.10. The normalized spacial score (nSPS) is 13.1. The molecule has 1 heterocycles. The molecule has 1 unspecified atom stereocenters. The second-order valence-corrected chi connectivity index (χ2v) is 4.81. The molecule has 0 aliphatic heterocycles. The molecule has 0 saturated carbocycles. The zero-order valence-corrected chi connectivity index (χ0v) is 9.47. The first-order chi connectivity index (χ1) is 6.50. The van der Waals surface area contributed by atoms with E-state index in [4.69, 9.17) is 5.11 Å². The molecule has 0 aromatic carbocycles. The smallest absolute Gasteiger partial charge is 0.320 e. The first-order valence-corrected chi connectivity index (χ1v) is 5.30. The third-order valence-corrected chi connectivity index (χ3v) is 3.21. The van der Waals surface area contributed by atoms with Crippen LogP contribution in [0.4, 0.5) is 0 Å². The molecular formula is C10H15NO2S. The SMILES string of the molecule is Cc1ccc(CN(C)C(C)C(=O)O)s1. The molecule has 0 aliphatic carbocycles. The Balaban J connectivity index is 2.56. The highest BCUT2D eigenvalue weighted by molar-refractivity contribution is 7.11. The van der Waals surface area contributed by atoms with Crippen molar-refractivity contribution in [2.75, 3.05) is 7.05 Å². The lowest BCUT2D eigenvalue weighted by Crippen LogP contribution is -2.34. The predicted octanol–water partition coefficient (Wildman–Crippen LogP) is 1.96. The van der Waals surface area contributed by atoms with Crippen molar-refractivity contribution in [3.63, 3.8) is 0 Å². The Morgan fingerprint density at radius 2 is 2.29 bits per heavy atom. The van der Waals surface area contributed by atoms with Crippen molar-refractivity contribution < 1.29 is 9.90 Å². The van der Waals surface area contributed by atoms with E-state index in [0.717, 1.165) is 0 Å². The highest BCUT2D eigenvalue weighted by Gasteiger charge is 2.16. The van der Waals surface area contributed by atoms with Gasteiger partial charge in [0.25, 0.3) is 0 Å². The lowest BCUT2D eigenvalue weighted by atomic mass is 10.3. The summed E-state index contributed by atoms with van der Waals surface area (Å²) in [4.78, 5) is 15.0. The van der Waals surface area contributed by atoms with Crippen molar-refractivity contribution in [2.45, 2.75) is 26.4 Å². The number of likely N-dealkylation sites (N-methyl/N-ethyl adjacent to an activating group) is 1. The Morgan fingerprint density at radius 3 is 2.71 bits per heavy atom. The van der Waals surface area contributed by atoms with Gasteiger partial charge in [0.05, 0.1) is 0 Å². The van der Waals surface area contributed by atoms with E-state index in [1.165, 1.54) is 9.75 Å². The molecule has 1 rings (SSSR count). The fourth-order valence-electron chi connectivity index (χ4n) is 1.14. The maximum atomic E-state index is 10.7. The number of rotatable bonds is 4. The number of carboxylic acids is 1. The number of aliphatic carboxylic acids is 1. The molecule has 0 radical (unpaired) electrons. The van der Waals surface area contributed by atoms with Gasteiger partial charge in [0.15, 0.2) is 0 Å². The summed E-state index contributed by atoms with van der Waals surface area (Å²) in [5.74, 6) is -0.777. The molecule has 0 fully saturated rings. The van der Waals surface area contributed by atoms with Gasteiger partial charge in [-0.2, -0.15) is 0 Å². The van der Waals surface area contributed by atoms with Crippen LogP contribution in [-0.4, -0.2) is 29.1 Å². The summed E-state index contributed by atoms with van der Waals surface area (Å²) in [6, 6.07) is 3.67. The van der Waals surface area contributed by atoms with Crippen LogP contribution in [0, 0.1) is 6.92 Å². The molecule has 1 aromatic rings. The lowest BCUT2D eigenvalue weighted by Gasteiger charge is -2.19. The molecule has 0 bridgehead atoms. The minimum Gasteiger partial charge on any atom is -0.480 e. The summed E-state index contributed by atoms with van der Waals surface area (Å²) in [6.45, 7) is 4.45. The number of carbonyl (C=O) groups is 1. The van der Waals surface area contributed by atoms with Crippen molar-refractivity contribution in [3.8, 4) is 0 Å². The van der Waals surface area contributed by atoms with Crippen LogP contribution < -0.4 is 0 Å². The quantitative estimate of drug-likeness (QED) is 0.831. The van der Waals surface area contributed by atoms with Gasteiger partial charge in [0, 0.05) is 16.3 Å². The van der Waals surface area contributed by atoms with Crippen molar-refractivity contribution >= 4 is 17.3 Å². The largest absolute Gasteiger partial charge is 0.480 e. The van der Waals surface area contributed by atoms with Crippen LogP contribution in [0.1, 0.15) is 16.7 Å². The molecule has 3 nitrogen and oxygen atoms in total. The molecule has 1 N–H and O–H groups in total. The van der Waals surface area contributed by atoms with Gasteiger partial charge in [-0.1, -0.05) is 0 Å². The van der Waals surface area contributed by atoms with Crippen LogP contribution >= 0.6 is 11.3 Å². The van der Waals surface area contributed by atoms with E-state index in [2.05, 4.69) is 13.0 Å². The first kappa shape index (κ1) is 11.2. The van der Waals surface area contributed by atoms with Crippen LogP contribution in [0.15, 0.2) is 12.1 Å². The zero-order valence-electron chi connectivity index (χ0n) is 8.65. The summed E-state index contributed by atoms with van der Waals surface area (Å²) in [7, 11) is 1.83. The van der Waals surface area contributed by atoms with E-state index in [1.54, 1.807) is 18.3 Å². The average molecular weight is 213 g/mol. The van der Waals surface area contributed by atoms with Gasteiger partial charge in [-0.15, -0.1) is 11.3 Å². The highest BCUT2D eigenvalue weighted by atomic mass is 32.1. The monoisotopic (exact) mass is 213 g/mol. The predicted molar refractivity (Wildman–Crippen MR) is 57.6 cm³/mol. The van der Waals surface area contributed by atoms with E-state index < -0.39 is 12.0 Å². The Labute approximate surface area is 88.0 Å². The van der Waals surface area contributed by atoms with Gasteiger partial charge < -0.3 is 5.11 Å². The summed E-state index contributed by atoms with van der Waals surface area (Å²) < 4.78 is 0. The van der Waals surface area contributed by atoms with Crippen LogP contribution in [0.25, 0.3) is 0 Å². The second kappa shape index (κ2) is 4.57. The number of aryl methyl sites for hydroxylation is 1. The second-order valence-electron chi connectivity index (χ2n) is 3.44. The Hall–Kier alpha value is -0.870. The van der Waals surface area contributed by atoms with Crippen LogP contribution in [-0.2, 0) is 11.3 Å². The molecule has 14 heavy (non-hydrogen) atoms. The van der Waals surface area contributed by atoms with Gasteiger partial charge in [-0.25, -0.2) is 0 Å². The molecule has 78 valence electrons. The van der Waals surface area contributed by atoms with Gasteiger partial charge in [-0.05, 0) is 33.0 Å². The third-order valence-electron chi connectivity index (χ3n) is 2.22. The van der Waals surface area contributed by atoms with E-state index in [1.807, 2.05) is 18.0 Å². The molecule has 1 aromatic heterocycles. The van der Waals surface area contributed by atoms with Crippen molar-refractivity contribution in [1.29, 1.82) is 0 Å². The van der Waals surface area contributed by atoms with Crippen molar-refractivity contribution in [3.05, 3.63) is 21.9 Å². The van der Waals surface area contributed by atoms with Gasteiger partial charge >= 0.3 is 5.97 Å². The topological polar surface area (TPSA) is 40.5 Å². The average Bonchev–Trinajstić information content (AvgIpc) is 2.49. The number of nitrogens with zero attached hydrogens (tertiary/aromatic N) is 1. The summed E-state index contributed by atoms with van der Waals surface area (Å²) >= 11 is 1.71. The third kappa shape index (κ3) is 2.82. The molecule has 0 spiro atoms. The molecule has 0 saturated heterocycles. The summed E-state index contributed by atoms with van der Waals surface area (Å²) in [6.07, 6.45) is 0. The Kier molecular flexibility index (Phi) is 3.66. The molecule has 0 aliphatic rings. The first-order valence-electron chi connectivity index (χ1n) is 4.49. The maximum Gasteiger partial charge on any atom is 0.320 e. The maximum absolute atomic E-state index is 10.7. The molecule has 0 amide bonds. The zero-order chi connectivity index (χ0) is 10.7. The van der Waals surface area contributed by atoms with Crippen LogP contribution in [0.3, 0.4) is 0 Å². The van der Waals surface area contributed by atoms with Crippen LogP contribution in [0.5, 0.6) is 0 Å². The van der Waals surface area contributed by atoms with E-state index in [9.17, 15) is 4.79 Å². The molecule has 4 heteroatoms. The lowest BCUT2D eigenvalue weighted by molar-refractivity contribution is -0.142.